The highest BCUT2D eigenvalue weighted by Gasteiger charge is 2.23. The molecule has 0 atom stereocenters. The predicted molar refractivity (Wildman–Crippen MR) is 143 cm³/mol. The van der Waals surface area contributed by atoms with E-state index in [0.29, 0.717) is 21.4 Å². The summed E-state index contributed by atoms with van der Waals surface area (Å²) in [4.78, 5) is 25.7. The molecule has 0 spiro atoms. The third-order valence-corrected chi connectivity index (χ3v) is 7.28. The molecule has 0 radical (unpaired) electrons. The number of esters is 1. The molecular weight excluding hydrogens is 492 g/mol. The Morgan fingerprint density at radius 3 is 2.44 bits per heavy atom. The minimum atomic E-state index is -0.465. The molecule has 0 bridgehead atoms. The number of anilines is 1. The summed E-state index contributed by atoms with van der Waals surface area (Å²) in [5, 5.41) is 14.1. The van der Waals surface area contributed by atoms with Crippen molar-refractivity contribution in [3.05, 3.63) is 89.9 Å². The van der Waals surface area contributed by atoms with Crippen molar-refractivity contribution >= 4 is 45.6 Å². The van der Waals surface area contributed by atoms with Gasteiger partial charge in [-0.15, -0.1) is 21.5 Å². The fourth-order valence-electron chi connectivity index (χ4n) is 3.75. The van der Waals surface area contributed by atoms with Crippen LogP contribution in [0, 0.1) is 0 Å². The van der Waals surface area contributed by atoms with Crippen LogP contribution in [0.1, 0.15) is 17.3 Å². The average Bonchev–Trinajstić information content (AvgIpc) is 3.52. The van der Waals surface area contributed by atoms with Gasteiger partial charge in [-0.3, -0.25) is 9.20 Å². The second kappa shape index (κ2) is 10.8. The molecule has 0 aliphatic carbocycles. The van der Waals surface area contributed by atoms with Gasteiger partial charge in [0.1, 0.15) is 10.6 Å². The van der Waals surface area contributed by atoms with Crippen LogP contribution in [0.2, 0.25) is 0 Å². The molecule has 1 N–H and O–H groups in total. The van der Waals surface area contributed by atoms with Gasteiger partial charge in [0.2, 0.25) is 5.91 Å². The van der Waals surface area contributed by atoms with Gasteiger partial charge in [0, 0.05) is 17.1 Å². The molecule has 5 aromatic rings. The Bertz CT molecular complexity index is 1510. The van der Waals surface area contributed by atoms with Gasteiger partial charge in [0.25, 0.3) is 0 Å². The summed E-state index contributed by atoms with van der Waals surface area (Å²) in [7, 11) is 0. The molecule has 2 aromatic carbocycles. The van der Waals surface area contributed by atoms with Gasteiger partial charge in [-0.25, -0.2) is 4.79 Å². The molecule has 1 amide bonds. The number of hydrogen-bond acceptors (Lipinski definition) is 7. The third-order valence-electron chi connectivity index (χ3n) is 5.44. The minimum absolute atomic E-state index is 0.122. The van der Waals surface area contributed by atoms with Crippen molar-refractivity contribution in [2.24, 2.45) is 0 Å². The van der Waals surface area contributed by atoms with Crippen LogP contribution in [0.3, 0.4) is 0 Å². The van der Waals surface area contributed by atoms with E-state index >= 15 is 0 Å². The number of hydrogen-bond donors (Lipinski definition) is 1. The van der Waals surface area contributed by atoms with Crippen molar-refractivity contribution in [1.29, 1.82) is 0 Å². The maximum absolute atomic E-state index is 12.9. The standard InChI is InChI=1S/C27H22N4O3S2/c1-2-34-26(33)24-21(20-13-11-19(12-14-20)18-8-4-3-5-9-18)16-35-25(24)28-23(32)17-36-27-30-29-22-10-6-7-15-31(22)27/h3-16H,2,17H2,1H3,(H,28,32). The molecule has 0 aliphatic heterocycles. The number of ether oxygens (including phenoxy) is 1. The van der Waals surface area contributed by atoms with Gasteiger partial charge >= 0.3 is 5.97 Å². The molecule has 0 saturated heterocycles. The molecule has 36 heavy (non-hydrogen) atoms. The number of pyridine rings is 1. The monoisotopic (exact) mass is 514 g/mol. The molecule has 0 saturated carbocycles. The van der Waals surface area contributed by atoms with Crippen molar-refractivity contribution in [2.75, 3.05) is 17.7 Å². The van der Waals surface area contributed by atoms with Crippen LogP contribution in [-0.2, 0) is 9.53 Å². The van der Waals surface area contributed by atoms with Crippen molar-refractivity contribution in [2.45, 2.75) is 12.1 Å². The lowest BCUT2D eigenvalue weighted by Crippen LogP contribution is -2.16. The summed E-state index contributed by atoms with van der Waals surface area (Å²) >= 11 is 2.58. The normalized spacial score (nSPS) is 10.9. The first-order valence-corrected chi connectivity index (χ1v) is 13.2. The number of thioether (sulfide) groups is 1. The lowest BCUT2D eigenvalue weighted by Gasteiger charge is -2.09. The number of benzene rings is 2. The van der Waals surface area contributed by atoms with Crippen molar-refractivity contribution in [3.8, 4) is 22.3 Å². The smallest absolute Gasteiger partial charge is 0.341 e. The highest BCUT2D eigenvalue weighted by Crippen LogP contribution is 2.37. The first-order chi connectivity index (χ1) is 17.6. The van der Waals surface area contributed by atoms with Crippen LogP contribution in [0.15, 0.2) is 89.5 Å². The van der Waals surface area contributed by atoms with Gasteiger partial charge in [-0.05, 0) is 35.7 Å². The van der Waals surface area contributed by atoms with Gasteiger partial charge in [0.05, 0.1) is 12.4 Å². The second-order valence-electron chi connectivity index (χ2n) is 7.77. The summed E-state index contributed by atoms with van der Waals surface area (Å²) in [5.41, 5.74) is 4.87. The second-order valence-corrected chi connectivity index (χ2v) is 9.59. The van der Waals surface area contributed by atoms with Gasteiger partial charge in [-0.1, -0.05) is 72.4 Å². The summed E-state index contributed by atoms with van der Waals surface area (Å²) in [5.74, 6) is -0.588. The van der Waals surface area contributed by atoms with E-state index in [-0.39, 0.29) is 18.3 Å². The molecule has 9 heteroatoms. The summed E-state index contributed by atoms with van der Waals surface area (Å²) < 4.78 is 7.14. The SMILES string of the molecule is CCOC(=O)c1c(-c2ccc(-c3ccccc3)cc2)csc1NC(=O)CSc1nnc2ccccn12. The van der Waals surface area contributed by atoms with Crippen molar-refractivity contribution < 1.29 is 14.3 Å². The highest BCUT2D eigenvalue weighted by molar-refractivity contribution is 7.99. The first-order valence-electron chi connectivity index (χ1n) is 11.3. The molecule has 180 valence electrons. The Morgan fingerprint density at radius 1 is 0.944 bits per heavy atom. The first kappa shape index (κ1) is 23.8. The number of rotatable bonds is 8. The van der Waals surface area contributed by atoms with E-state index < -0.39 is 5.97 Å². The fraction of sp³-hybridized carbons (Fsp3) is 0.111. The van der Waals surface area contributed by atoms with Gasteiger partial charge < -0.3 is 10.1 Å². The maximum Gasteiger partial charge on any atom is 0.341 e. The molecule has 3 aromatic heterocycles. The zero-order chi connectivity index (χ0) is 24.9. The topological polar surface area (TPSA) is 85.6 Å². The zero-order valence-electron chi connectivity index (χ0n) is 19.4. The van der Waals surface area contributed by atoms with E-state index in [1.54, 1.807) is 6.92 Å². The average molecular weight is 515 g/mol. The van der Waals surface area contributed by atoms with E-state index in [0.717, 1.165) is 22.3 Å². The lowest BCUT2D eigenvalue weighted by molar-refractivity contribution is -0.113. The fourth-order valence-corrected chi connectivity index (χ4v) is 5.45. The summed E-state index contributed by atoms with van der Waals surface area (Å²) in [6.45, 7) is 2.00. The molecule has 5 rings (SSSR count). The van der Waals surface area contributed by atoms with Crippen molar-refractivity contribution in [1.82, 2.24) is 14.6 Å². The van der Waals surface area contributed by atoms with Crippen LogP contribution in [0.25, 0.3) is 27.9 Å². The predicted octanol–water partition coefficient (Wildman–Crippen LogP) is 6.03. The van der Waals surface area contributed by atoms with E-state index in [9.17, 15) is 9.59 Å². The number of fused-ring (bicyclic) bond motifs is 1. The molecule has 7 nitrogen and oxygen atoms in total. The zero-order valence-corrected chi connectivity index (χ0v) is 21.0. The quantitative estimate of drug-likeness (QED) is 0.201. The van der Waals surface area contributed by atoms with Gasteiger partial charge in [0.15, 0.2) is 10.8 Å². The molecule has 0 aliphatic rings. The third kappa shape index (κ3) is 5.02. The Balaban J connectivity index is 1.36. The highest BCUT2D eigenvalue weighted by atomic mass is 32.2. The van der Waals surface area contributed by atoms with Crippen LogP contribution < -0.4 is 5.32 Å². The Hall–Kier alpha value is -3.95. The Kier molecular flexibility index (Phi) is 7.11. The van der Waals surface area contributed by atoms with Crippen LogP contribution >= 0.6 is 23.1 Å². The number of carbonyl (C=O) groups excluding carboxylic acids is 2. The van der Waals surface area contributed by atoms with E-state index in [2.05, 4.69) is 27.6 Å². The van der Waals surface area contributed by atoms with Crippen LogP contribution in [-0.4, -0.2) is 38.8 Å². The molecule has 3 heterocycles. The van der Waals surface area contributed by atoms with Crippen LogP contribution in [0.5, 0.6) is 0 Å². The van der Waals surface area contributed by atoms with E-state index in [4.69, 9.17) is 4.74 Å². The minimum Gasteiger partial charge on any atom is -0.462 e. The number of aromatic nitrogens is 3. The Labute approximate surface area is 216 Å². The summed E-state index contributed by atoms with van der Waals surface area (Å²) in [6.07, 6.45) is 1.85. The van der Waals surface area contributed by atoms with E-state index in [1.807, 2.05) is 76.6 Å². The van der Waals surface area contributed by atoms with Crippen molar-refractivity contribution in [3.63, 3.8) is 0 Å². The molecule has 0 unspecified atom stereocenters. The van der Waals surface area contributed by atoms with E-state index in [1.165, 1.54) is 23.1 Å². The largest absolute Gasteiger partial charge is 0.462 e. The number of nitrogens with zero attached hydrogens (tertiary/aromatic N) is 3. The molecule has 0 fully saturated rings. The number of nitrogens with one attached hydrogen (secondary N) is 1. The van der Waals surface area contributed by atoms with Gasteiger partial charge in [-0.2, -0.15) is 0 Å². The summed E-state index contributed by atoms with van der Waals surface area (Å²) in [6, 6.07) is 23.7. The molecular formula is C27H22N4O3S2. The number of carbonyl (C=O) groups is 2. The maximum atomic E-state index is 12.9. The Morgan fingerprint density at radius 2 is 1.67 bits per heavy atom. The lowest BCUT2D eigenvalue weighted by atomic mass is 9.99. The number of amides is 1. The van der Waals surface area contributed by atoms with Crippen LogP contribution in [0.4, 0.5) is 5.00 Å². The number of thiophene rings is 1.